The number of likely N-dealkylation sites (N-methyl/N-ethyl adjacent to an activating group) is 1. The maximum atomic E-state index is 13.6. The van der Waals surface area contributed by atoms with Gasteiger partial charge >= 0.3 is 0 Å². The molecule has 0 radical (unpaired) electrons. The van der Waals surface area contributed by atoms with Crippen molar-refractivity contribution in [3.05, 3.63) is 29.3 Å². The van der Waals surface area contributed by atoms with Gasteiger partial charge in [-0.25, -0.2) is 4.99 Å². The standard InChI is InChI=1S/C23H30N2O3/c1-15-24-23(21(26)25(15)2)19-14-17(7-6-16-4-5-16)8-9-20(19)28-22(23)12-10-18(27-3)11-13-22/h8-9,14,16,18H,4-7,10-13H2,1-3H3. The molecule has 0 aromatic heterocycles. The van der Waals surface area contributed by atoms with Crippen molar-refractivity contribution in [2.45, 2.75) is 75.5 Å². The molecule has 1 unspecified atom stereocenters. The van der Waals surface area contributed by atoms with Gasteiger partial charge in [-0.05, 0) is 69.1 Å². The summed E-state index contributed by atoms with van der Waals surface area (Å²) in [7, 11) is 3.60. The van der Waals surface area contributed by atoms with Crippen LogP contribution < -0.4 is 4.74 Å². The number of aliphatic imine (C=N–C) groups is 1. The Hall–Kier alpha value is -1.88. The summed E-state index contributed by atoms with van der Waals surface area (Å²) in [6.45, 7) is 1.93. The van der Waals surface area contributed by atoms with Gasteiger partial charge in [-0.3, -0.25) is 4.79 Å². The van der Waals surface area contributed by atoms with Gasteiger partial charge in [0.25, 0.3) is 5.91 Å². The highest BCUT2D eigenvalue weighted by molar-refractivity contribution is 6.09. The van der Waals surface area contributed by atoms with Crippen molar-refractivity contribution < 1.29 is 14.3 Å². The van der Waals surface area contributed by atoms with E-state index in [1.165, 1.54) is 24.8 Å². The molecular formula is C23H30N2O3. The molecule has 28 heavy (non-hydrogen) atoms. The van der Waals surface area contributed by atoms with Crippen molar-refractivity contribution in [1.82, 2.24) is 4.90 Å². The van der Waals surface area contributed by atoms with Gasteiger partial charge in [0.15, 0.2) is 0 Å². The van der Waals surface area contributed by atoms with Crippen LogP contribution in [0.4, 0.5) is 0 Å². The minimum Gasteiger partial charge on any atom is -0.483 e. The third kappa shape index (κ3) is 2.48. The minimum atomic E-state index is -0.935. The average Bonchev–Trinajstić information content (AvgIpc) is 3.47. The SMILES string of the molecule is COC1CCC2(CC1)Oc1ccc(CCC3CC3)cc1C21N=C(C)N(C)C1=O. The van der Waals surface area contributed by atoms with Gasteiger partial charge in [-0.15, -0.1) is 0 Å². The van der Waals surface area contributed by atoms with Crippen LogP contribution in [0.3, 0.4) is 0 Å². The molecule has 4 aliphatic rings. The number of ether oxygens (including phenoxy) is 2. The van der Waals surface area contributed by atoms with Gasteiger partial charge in [0.1, 0.15) is 17.2 Å². The predicted octanol–water partition coefficient (Wildman–Crippen LogP) is 3.84. The highest BCUT2D eigenvalue weighted by Gasteiger charge is 2.68. The lowest BCUT2D eigenvalue weighted by molar-refractivity contribution is -0.140. The number of fused-ring (bicyclic) bond motifs is 3. The second kappa shape index (κ2) is 6.31. The van der Waals surface area contributed by atoms with E-state index >= 15 is 0 Å². The number of hydrogen-bond donors (Lipinski definition) is 0. The lowest BCUT2D eigenvalue weighted by Gasteiger charge is -2.43. The van der Waals surface area contributed by atoms with E-state index in [0.29, 0.717) is 0 Å². The van der Waals surface area contributed by atoms with E-state index < -0.39 is 11.1 Å². The molecule has 2 saturated carbocycles. The smallest absolute Gasteiger partial charge is 0.264 e. The Bertz CT molecular complexity index is 836. The zero-order valence-electron chi connectivity index (χ0n) is 17.2. The van der Waals surface area contributed by atoms with Crippen molar-refractivity contribution in [2.24, 2.45) is 10.9 Å². The monoisotopic (exact) mass is 382 g/mol. The average molecular weight is 383 g/mol. The number of aryl methyl sites for hydroxylation is 1. The molecule has 2 aliphatic carbocycles. The molecule has 2 aliphatic heterocycles. The van der Waals surface area contributed by atoms with Gasteiger partial charge < -0.3 is 14.4 Å². The molecule has 2 fully saturated rings. The normalized spacial score (nSPS) is 34.1. The molecule has 2 heterocycles. The summed E-state index contributed by atoms with van der Waals surface area (Å²) in [4.78, 5) is 20.3. The van der Waals surface area contributed by atoms with Crippen LogP contribution in [0.5, 0.6) is 5.75 Å². The molecule has 5 heteroatoms. The number of carbonyl (C=O) groups excluding carboxylic acids is 1. The highest BCUT2D eigenvalue weighted by atomic mass is 16.5. The first-order valence-electron chi connectivity index (χ1n) is 10.7. The molecule has 1 atom stereocenters. The summed E-state index contributed by atoms with van der Waals surface area (Å²) in [5, 5.41) is 0. The topological polar surface area (TPSA) is 51.1 Å². The molecule has 0 bridgehead atoms. The summed E-state index contributed by atoms with van der Waals surface area (Å²) in [5.74, 6) is 2.57. The minimum absolute atomic E-state index is 0.0546. The molecule has 5 nitrogen and oxygen atoms in total. The van der Waals surface area contributed by atoms with Crippen LogP contribution >= 0.6 is 0 Å². The van der Waals surface area contributed by atoms with E-state index in [2.05, 4.69) is 18.2 Å². The Balaban J connectivity index is 1.57. The van der Waals surface area contributed by atoms with Crippen LogP contribution in [0.25, 0.3) is 0 Å². The van der Waals surface area contributed by atoms with Crippen LogP contribution in [0.15, 0.2) is 23.2 Å². The Morgan fingerprint density at radius 2 is 2.00 bits per heavy atom. The Morgan fingerprint density at radius 3 is 2.61 bits per heavy atom. The van der Waals surface area contributed by atoms with Gasteiger partial charge in [0, 0.05) is 19.7 Å². The van der Waals surface area contributed by atoms with E-state index in [4.69, 9.17) is 14.5 Å². The Labute approximate surface area is 167 Å². The van der Waals surface area contributed by atoms with E-state index in [9.17, 15) is 4.79 Å². The quantitative estimate of drug-likeness (QED) is 0.795. The Kier molecular flexibility index (Phi) is 4.10. The number of amidine groups is 1. The predicted molar refractivity (Wildman–Crippen MR) is 108 cm³/mol. The third-order valence-electron chi connectivity index (χ3n) is 7.44. The molecule has 150 valence electrons. The number of rotatable bonds is 4. The molecule has 1 amide bonds. The number of amides is 1. The van der Waals surface area contributed by atoms with Crippen LogP contribution in [0, 0.1) is 5.92 Å². The fourth-order valence-electron chi connectivity index (χ4n) is 5.40. The summed E-state index contributed by atoms with van der Waals surface area (Å²) in [5.41, 5.74) is 0.745. The van der Waals surface area contributed by atoms with Crippen LogP contribution in [0.1, 0.15) is 63.0 Å². The van der Waals surface area contributed by atoms with E-state index in [-0.39, 0.29) is 12.0 Å². The van der Waals surface area contributed by atoms with Gasteiger partial charge in [0.2, 0.25) is 5.54 Å². The summed E-state index contributed by atoms with van der Waals surface area (Å²) >= 11 is 0. The van der Waals surface area contributed by atoms with Crippen molar-refractivity contribution >= 4 is 11.7 Å². The third-order valence-corrected chi connectivity index (χ3v) is 7.44. The molecule has 1 aromatic rings. The number of nitrogens with zero attached hydrogens (tertiary/aromatic N) is 2. The lowest BCUT2D eigenvalue weighted by atomic mass is 9.68. The Morgan fingerprint density at radius 1 is 1.25 bits per heavy atom. The van der Waals surface area contributed by atoms with E-state index in [0.717, 1.165) is 55.2 Å². The molecule has 0 saturated heterocycles. The number of methoxy groups -OCH3 is 1. The highest BCUT2D eigenvalue weighted by Crippen LogP contribution is 2.58. The zero-order valence-corrected chi connectivity index (χ0v) is 17.2. The van der Waals surface area contributed by atoms with Gasteiger partial charge in [-0.1, -0.05) is 18.9 Å². The fraction of sp³-hybridized carbons (Fsp3) is 0.652. The van der Waals surface area contributed by atoms with E-state index in [1.54, 1.807) is 12.0 Å². The van der Waals surface area contributed by atoms with Crippen molar-refractivity contribution in [2.75, 3.05) is 14.2 Å². The lowest BCUT2D eigenvalue weighted by Crippen LogP contribution is -2.57. The molecular weight excluding hydrogens is 352 g/mol. The maximum absolute atomic E-state index is 13.6. The first-order valence-corrected chi connectivity index (χ1v) is 10.7. The number of carbonyl (C=O) groups is 1. The summed E-state index contributed by atoms with van der Waals surface area (Å²) < 4.78 is 12.2. The first-order chi connectivity index (χ1) is 13.5. The largest absolute Gasteiger partial charge is 0.483 e. The summed E-state index contributed by atoms with van der Waals surface area (Å²) in [6.07, 6.45) is 8.65. The van der Waals surface area contributed by atoms with Crippen molar-refractivity contribution in [3.8, 4) is 5.75 Å². The molecule has 5 rings (SSSR count). The van der Waals surface area contributed by atoms with Crippen LogP contribution in [-0.4, -0.2) is 42.5 Å². The van der Waals surface area contributed by atoms with Crippen molar-refractivity contribution in [3.63, 3.8) is 0 Å². The van der Waals surface area contributed by atoms with Crippen LogP contribution in [0.2, 0.25) is 0 Å². The number of hydrogen-bond acceptors (Lipinski definition) is 4. The first kappa shape index (κ1) is 18.2. The summed E-state index contributed by atoms with van der Waals surface area (Å²) in [6, 6.07) is 6.46. The molecule has 0 N–H and O–H groups in total. The van der Waals surface area contributed by atoms with Gasteiger partial charge in [0.05, 0.1) is 6.10 Å². The zero-order chi connectivity index (χ0) is 19.5. The van der Waals surface area contributed by atoms with Crippen molar-refractivity contribution in [1.29, 1.82) is 0 Å². The second-order valence-electron chi connectivity index (χ2n) is 9.08. The molecule has 1 aromatic carbocycles. The van der Waals surface area contributed by atoms with Gasteiger partial charge in [-0.2, -0.15) is 0 Å². The van der Waals surface area contributed by atoms with E-state index in [1.807, 2.05) is 14.0 Å². The molecule has 2 spiro atoms. The fourth-order valence-corrected chi connectivity index (χ4v) is 5.40. The maximum Gasteiger partial charge on any atom is 0.264 e. The second-order valence-corrected chi connectivity index (χ2v) is 9.08. The number of benzene rings is 1. The van der Waals surface area contributed by atoms with Crippen LogP contribution in [-0.2, 0) is 21.5 Å².